The minimum Gasteiger partial charge on any atom is -0.407 e. The minimum absolute atomic E-state index is 0.126. The highest BCUT2D eigenvalue weighted by molar-refractivity contribution is 6.31. The normalized spacial score (nSPS) is 11.6. The number of rotatable bonds is 3. The van der Waals surface area contributed by atoms with Crippen molar-refractivity contribution in [1.82, 2.24) is 9.97 Å². The maximum atomic E-state index is 12.3. The summed E-state index contributed by atoms with van der Waals surface area (Å²) in [6.45, 7) is 1.85. The molecule has 0 aliphatic rings. The Balaban J connectivity index is 1.90. The first-order chi connectivity index (χ1) is 13.0. The quantitative estimate of drug-likeness (QED) is 0.499. The number of nitrogens with zero attached hydrogens (tertiary/aromatic N) is 2. The van der Waals surface area contributed by atoms with E-state index >= 15 is 0 Å². The zero-order valence-corrected chi connectivity index (χ0v) is 15.5. The van der Waals surface area contributed by atoms with Crippen LogP contribution in [0.4, 0.5) is 0 Å². The molecule has 136 valence electrons. The Hall–Kier alpha value is -2.70. The number of hydrogen-bond donors (Lipinski definition) is 0. The second kappa shape index (κ2) is 6.79. The lowest BCUT2D eigenvalue weighted by molar-refractivity contribution is 0.359. The molecule has 0 aliphatic carbocycles. The molecule has 8 heteroatoms. The third kappa shape index (κ3) is 3.22. The van der Waals surface area contributed by atoms with Crippen LogP contribution < -0.4 is 11.3 Å². The predicted molar refractivity (Wildman–Crippen MR) is 103 cm³/mol. The zero-order valence-electron chi connectivity index (χ0n) is 14.0. The molecular formula is C19H12Cl2N2O4. The Labute approximate surface area is 162 Å². The minimum atomic E-state index is -0.592. The smallest absolute Gasteiger partial charge is 0.346 e. The maximum absolute atomic E-state index is 12.3. The lowest BCUT2D eigenvalue weighted by Crippen LogP contribution is -2.14. The third-order valence-corrected chi connectivity index (χ3v) is 4.69. The first-order valence-corrected chi connectivity index (χ1v) is 8.92. The van der Waals surface area contributed by atoms with E-state index in [1.165, 1.54) is 12.1 Å². The Morgan fingerprint density at radius 3 is 1.70 bits per heavy atom. The highest BCUT2D eigenvalue weighted by Gasteiger charge is 2.24. The summed E-state index contributed by atoms with van der Waals surface area (Å²) in [5.41, 5.74) is -0.241. The maximum Gasteiger partial charge on any atom is 0.346 e. The number of benzene rings is 2. The molecule has 2 aromatic carbocycles. The van der Waals surface area contributed by atoms with Crippen molar-refractivity contribution in [2.45, 2.75) is 19.3 Å². The van der Waals surface area contributed by atoms with Crippen LogP contribution in [0.5, 0.6) is 0 Å². The molecule has 0 radical (unpaired) electrons. The topological polar surface area (TPSA) is 86.2 Å². The van der Waals surface area contributed by atoms with Crippen LogP contribution in [0.25, 0.3) is 21.8 Å². The highest BCUT2D eigenvalue weighted by Crippen LogP contribution is 2.27. The van der Waals surface area contributed by atoms with Gasteiger partial charge in [-0.1, -0.05) is 30.1 Å². The van der Waals surface area contributed by atoms with Crippen molar-refractivity contribution in [3.8, 4) is 0 Å². The molecule has 0 saturated heterocycles. The van der Waals surface area contributed by atoms with Crippen molar-refractivity contribution in [2.75, 3.05) is 0 Å². The Kier molecular flexibility index (Phi) is 4.45. The van der Waals surface area contributed by atoms with Crippen LogP contribution in [0.3, 0.4) is 0 Å². The van der Waals surface area contributed by atoms with E-state index < -0.39 is 17.2 Å². The molecular weight excluding hydrogens is 391 g/mol. The van der Waals surface area contributed by atoms with E-state index in [1.807, 2.05) is 6.92 Å². The van der Waals surface area contributed by atoms with E-state index in [4.69, 9.17) is 32.0 Å². The van der Waals surface area contributed by atoms with Gasteiger partial charge in [0.2, 0.25) is 11.8 Å². The zero-order chi connectivity index (χ0) is 19.1. The van der Waals surface area contributed by atoms with Gasteiger partial charge >= 0.3 is 11.3 Å². The van der Waals surface area contributed by atoms with Crippen molar-refractivity contribution >= 4 is 45.0 Å². The van der Waals surface area contributed by atoms with Gasteiger partial charge in [-0.2, -0.15) is 0 Å². The van der Waals surface area contributed by atoms with E-state index in [0.717, 1.165) is 0 Å². The van der Waals surface area contributed by atoms with E-state index in [1.54, 1.807) is 24.3 Å². The van der Waals surface area contributed by atoms with Gasteiger partial charge in [0, 0.05) is 10.0 Å². The molecule has 0 saturated carbocycles. The predicted octanol–water partition coefficient (Wildman–Crippen LogP) is 4.54. The number of fused-ring (bicyclic) bond motifs is 2. The largest absolute Gasteiger partial charge is 0.407 e. The van der Waals surface area contributed by atoms with Gasteiger partial charge in [0.1, 0.15) is 5.92 Å². The average molecular weight is 403 g/mol. The first-order valence-electron chi connectivity index (χ1n) is 8.17. The summed E-state index contributed by atoms with van der Waals surface area (Å²) in [7, 11) is 0. The van der Waals surface area contributed by atoms with Crippen LogP contribution >= 0.6 is 23.2 Å². The lowest BCUT2D eigenvalue weighted by Gasteiger charge is -2.11. The molecule has 6 nitrogen and oxygen atoms in total. The standard InChI is InChI=1S/C19H12Cl2N2O4/c1-2-11(16-22-14-5-3-9(20)7-12(14)18(24)26-16)17-23-15-6-4-10(21)8-13(15)19(25)27-17/h3-8,11H,2H2,1H3. The summed E-state index contributed by atoms with van der Waals surface area (Å²) in [6, 6.07) is 9.54. The monoisotopic (exact) mass is 402 g/mol. The number of hydrogen-bond acceptors (Lipinski definition) is 6. The first kappa shape index (κ1) is 17.7. The Bertz CT molecular complexity index is 1200. The van der Waals surface area contributed by atoms with Crippen LogP contribution in [0.1, 0.15) is 31.0 Å². The van der Waals surface area contributed by atoms with Crippen molar-refractivity contribution in [2.24, 2.45) is 0 Å². The van der Waals surface area contributed by atoms with Crippen LogP contribution in [-0.4, -0.2) is 9.97 Å². The number of halogens is 2. The summed E-state index contributed by atoms with van der Waals surface area (Å²) < 4.78 is 10.8. The van der Waals surface area contributed by atoms with Gasteiger partial charge in [-0.05, 0) is 42.8 Å². The molecule has 0 N–H and O–H groups in total. The Morgan fingerprint density at radius 2 is 1.30 bits per heavy atom. The SMILES string of the molecule is CCC(c1nc2ccc(Cl)cc2c(=O)o1)c1nc2ccc(Cl)cc2c(=O)o1. The average Bonchev–Trinajstić information content (AvgIpc) is 2.64. The summed E-state index contributed by atoms with van der Waals surface area (Å²) >= 11 is 11.8. The molecule has 0 atom stereocenters. The van der Waals surface area contributed by atoms with Crippen LogP contribution in [0.2, 0.25) is 10.0 Å². The van der Waals surface area contributed by atoms with Gasteiger partial charge < -0.3 is 8.83 Å². The molecule has 0 aliphatic heterocycles. The fraction of sp³-hybridized carbons (Fsp3) is 0.158. The molecule has 4 rings (SSSR count). The molecule has 0 unspecified atom stereocenters. The molecule has 0 spiro atoms. The van der Waals surface area contributed by atoms with E-state index in [2.05, 4.69) is 9.97 Å². The fourth-order valence-electron chi connectivity index (χ4n) is 2.87. The van der Waals surface area contributed by atoms with Gasteiger partial charge in [0.15, 0.2) is 0 Å². The van der Waals surface area contributed by atoms with Crippen molar-refractivity contribution in [1.29, 1.82) is 0 Å². The van der Waals surface area contributed by atoms with Gasteiger partial charge in [0.05, 0.1) is 21.8 Å². The fourth-order valence-corrected chi connectivity index (χ4v) is 3.22. The van der Waals surface area contributed by atoms with Gasteiger partial charge in [-0.25, -0.2) is 19.6 Å². The van der Waals surface area contributed by atoms with Crippen molar-refractivity contribution in [3.63, 3.8) is 0 Å². The van der Waals surface area contributed by atoms with E-state index in [9.17, 15) is 9.59 Å². The van der Waals surface area contributed by atoms with Crippen LogP contribution in [-0.2, 0) is 0 Å². The molecule has 4 aromatic rings. The van der Waals surface area contributed by atoms with Crippen LogP contribution in [0.15, 0.2) is 54.8 Å². The van der Waals surface area contributed by atoms with Crippen molar-refractivity contribution in [3.05, 3.63) is 79.1 Å². The molecule has 2 aromatic heterocycles. The van der Waals surface area contributed by atoms with Crippen molar-refractivity contribution < 1.29 is 8.83 Å². The van der Waals surface area contributed by atoms with Crippen LogP contribution in [0, 0.1) is 0 Å². The molecule has 0 fully saturated rings. The number of aromatic nitrogens is 2. The van der Waals surface area contributed by atoms with E-state index in [-0.39, 0.29) is 22.6 Å². The summed E-state index contributed by atoms with van der Waals surface area (Å²) in [5.74, 6) is -0.340. The van der Waals surface area contributed by atoms with Gasteiger partial charge in [-0.3, -0.25) is 0 Å². The van der Waals surface area contributed by atoms with Gasteiger partial charge in [0.25, 0.3) is 0 Å². The summed E-state index contributed by atoms with van der Waals surface area (Å²) in [4.78, 5) is 33.5. The molecule has 0 bridgehead atoms. The molecule has 0 amide bonds. The summed E-state index contributed by atoms with van der Waals surface area (Å²) in [6.07, 6.45) is 0.462. The second-order valence-electron chi connectivity index (χ2n) is 5.96. The Morgan fingerprint density at radius 1 is 0.852 bits per heavy atom. The second-order valence-corrected chi connectivity index (χ2v) is 6.84. The van der Waals surface area contributed by atoms with E-state index in [0.29, 0.717) is 27.5 Å². The van der Waals surface area contributed by atoms with Gasteiger partial charge in [-0.15, -0.1) is 0 Å². The lowest BCUT2D eigenvalue weighted by atomic mass is 10.1. The summed E-state index contributed by atoms with van der Waals surface area (Å²) in [5, 5.41) is 1.39. The molecule has 2 heterocycles. The third-order valence-electron chi connectivity index (χ3n) is 4.22. The highest BCUT2D eigenvalue weighted by atomic mass is 35.5. The molecule has 27 heavy (non-hydrogen) atoms.